The van der Waals surface area contributed by atoms with E-state index in [1.807, 2.05) is 18.2 Å². The molecule has 4 nitrogen and oxygen atoms in total. The predicted octanol–water partition coefficient (Wildman–Crippen LogP) is 4.73. The maximum atomic E-state index is 13.1. The smallest absolute Gasteiger partial charge is 0.335 e. The van der Waals surface area contributed by atoms with Gasteiger partial charge in [-0.05, 0) is 59.7 Å². The first-order valence-electron chi connectivity index (χ1n) is 7.68. The number of aromatic nitrogens is 2. The van der Waals surface area contributed by atoms with Gasteiger partial charge < -0.3 is 10.1 Å². The molecule has 0 aliphatic rings. The molecule has 25 heavy (non-hydrogen) atoms. The van der Waals surface area contributed by atoms with Crippen molar-refractivity contribution in [2.75, 3.05) is 0 Å². The standard InChI is InChI=1S/C20H13FN2O2/c21-17-6-4-12(5-7-17)18-10-15-9-16(11-22-19(15)23-18)13-2-1-3-14(8-13)20(24)25/h1-11H,(H,22,23)(H,24,25). The highest BCUT2D eigenvalue weighted by Crippen LogP contribution is 2.27. The molecule has 0 unspecified atom stereocenters. The summed E-state index contributed by atoms with van der Waals surface area (Å²) >= 11 is 0. The molecular weight excluding hydrogens is 319 g/mol. The first kappa shape index (κ1) is 15.1. The Morgan fingerprint density at radius 2 is 1.76 bits per heavy atom. The third-order valence-electron chi connectivity index (χ3n) is 4.07. The second-order valence-electron chi connectivity index (χ2n) is 5.74. The van der Waals surface area contributed by atoms with E-state index in [9.17, 15) is 9.18 Å². The lowest BCUT2D eigenvalue weighted by atomic mass is 10.0. The van der Waals surface area contributed by atoms with E-state index in [0.717, 1.165) is 33.4 Å². The molecule has 122 valence electrons. The number of hydrogen-bond acceptors (Lipinski definition) is 2. The highest BCUT2D eigenvalue weighted by molar-refractivity contribution is 5.91. The van der Waals surface area contributed by atoms with E-state index >= 15 is 0 Å². The Bertz CT molecular complexity index is 1080. The highest BCUT2D eigenvalue weighted by Gasteiger charge is 2.09. The number of carboxylic acids is 1. The minimum atomic E-state index is -0.962. The number of hydrogen-bond donors (Lipinski definition) is 2. The molecule has 0 saturated heterocycles. The summed E-state index contributed by atoms with van der Waals surface area (Å²) in [6.45, 7) is 0. The molecule has 5 heteroatoms. The second-order valence-corrected chi connectivity index (χ2v) is 5.74. The molecule has 2 N–H and O–H groups in total. The van der Waals surface area contributed by atoms with Gasteiger partial charge in [0.25, 0.3) is 0 Å². The van der Waals surface area contributed by atoms with E-state index < -0.39 is 5.97 Å². The number of pyridine rings is 1. The molecule has 0 radical (unpaired) electrons. The Kier molecular flexibility index (Phi) is 3.54. The number of H-pyrrole nitrogens is 1. The van der Waals surface area contributed by atoms with Gasteiger partial charge in [0.15, 0.2) is 0 Å². The Labute approximate surface area is 142 Å². The van der Waals surface area contributed by atoms with Gasteiger partial charge in [-0.25, -0.2) is 14.2 Å². The molecule has 2 aromatic heterocycles. The Morgan fingerprint density at radius 3 is 2.52 bits per heavy atom. The number of aromatic amines is 1. The van der Waals surface area contributed by atoms with Crippen LogP contribution < -0.4 is 0 Å². The maximum absolute atomic E-state index is 13.1. The number of halogens is 1. The van der Waals surface area contributed by atoms with Crippen LogP contribution in [0.1, 0.15) is 10.4 Å². The van der Waals surface area contributed by atoms with Gasteiger partial charge in [0, 0.05) is 22.8 Å². The van der Waals surface area contributed by atoms with Crippen LogP contribution in [0.4, 0.5) is 4.39 Å². The molecule has 0 amide bonds. The summed E-state index contributed by atoms with van der Waals surface area (Å²) in [5, 5.41) is 10.0. The zero-order valence-electron chi connectivity index (χ0n) is 13.0. The number of aromatic carboxylic acids is 1. The molecule has 0 fully saturated rings. The van der Waals surface area contributed by atoms with Crippen LogP contribution in [-0.2, 0) is 0 Å². The van der Waals surface area contributed by atoms with E-state index in [2.05, 4.69) is 9.97 Å². The Hall–Kier alpha value is -3.47. The van der Waals surface area contributed by atoms with Gasteiger partial charge in [0.2, 0.25) is 0 Å². The van der Waals surface area contributed by atoms with Crippen molar-refractivity contribution >= 4 is 17.0 Å². The number of rotatable bonds is 3. The molecule has 0 aliphatic carbocycles. The lowest BCUT2D eigenvalue weighted by Crippen LogP contribution is -1.95. The molecule has 0 bridgehead atoms. The van der Waals surface area contributed by atoms with Crippen molar-refractivity contribution in [2.45, 2.75) is 0 Å². The van der Waals surface area contributed by atoms with Crippen LogP contribution in [0.5, 0.6) is 0 Å². The average molecular weight is 332 g/mol. The summed E-state index contributed by atoms with van der Waals surface area (Å²) in [4.78, 5) is 18.8. The summed E-state index contributed by atoms with van der Waals surface area (Å²) < 4.78 is 13.1. The number of carboxylic acid groups (broad SMARTS) is 1. The minimum Gasteiger partial charge on any atom is -0.478 e. The third kappa shape index (κ3) is 2.87. The van der Waals surface area contributed by atoms with Gasteiger partial charge in [-0.15, -0.1) is 0 Å². The molecule has 0 saturated carbocycles. The van der Waals surface area contributed by atoms with Gasteiger partial charge in [0.05, 0.1) is 5.56 Å². The largest absolute Gasteiger partial charge is 0.478 e. The van der Waals surface area contributed by atoms with Crippen molar-refractivity contribution in [3.05, 3.63) is 78.2 Å². The second kappa shape index (κ2) is 5.87. The fourth-order valence-electron chi connectivity index (χ4n) is 2.79. The van der Waals surface area contributed by atoms with Crippen LogP contribution in [-0.4, -0.2) is 21.0 Å². The van der Waals surface area contributed by atoms with Gasteiger partial charge in [-0.2, -0.15) is 0 Å². The van der Waals surface area contributed by atoms with Gasteiger partial charge in [-0.3, -0.25) is 0 Å². The van der Waals surface area contributed by atoms with E-state index in [1.54, 1.807) is 36.5 Å². The quantitative estimate of drug-likeness (QED) is 0.570. The van der Waals surface area contributed by atoms with E-state index in [4.69, 9.17) is 5.11 Å². The first-order valence-corrected chi connectivity index (χ1v) is 7.68. The normalized spacial score (nSPS) is 10.9. The summed E-state index contributed by atoms with van der Waals surface area (Å²) in [6, 6.07) is 16.9. The van der Waals surface area contributed by atoms with Crippen LogP contribution in [0.2, 0.25) is 0 Å². The topological polar surface area (TPSA) is 66.0 Å². The zero-order valence-corrected chi connectivity index (χ0v) is 13.0. The SMILES string of the molecule is O=C(O)c1cccc(-c2cnc3[nH]c(-c4ccc(F)cc4)cc3c2)c1. The molecule has 0 aliphatic heterocycles. The zero-order chi connectivity index (χ0) is 17.4. The Morgan fingerprint density at radius 1 is 0.960 bits per heavy atom. The molecular formula is C20H13FN2O2. The molecule has 0 atom stereocenters. The van der Waals surface area contributed by atoms with Gasteiger partial charge >= 0.3 is 5.97 Å². The molecule has 2 heterocycles. The monoisotopic (exact) mass is 332 g/mol. The number of nitrogens with zero attached hydrogens (tertiary/aromatic N) is 1. The molecule has 4 aromatic rings. The van der Waals surface area contributed by atoms with Crippen LogP contribution in [0.15, 0.2) is 66.9 Å². The third-order valence-corrected chi connectivity index (χ3v) is 4.07. The summed E-state index contributed by atoms with van der Waals surface area (Å²) in [6.07, 6.45) is 1.70. The summed E-state index contributed by atoms with van der Waals surface area (Å²) in [7, 11) is 0. The van der Waals surface area contributed by atoms with Crippen LogP contribution in [0.25, 0.3) is 33.4 Å². The van der Waals surface area contributed by atoms with Crippen molar-refractivity contribution in [2.24, 2.45) is 0 Å². The van der Waals surface area contributed by atoms with Crippen molar-refractivity contribution in [1.82, 2.24) is 9.97 Å². The van der Waals surface area contributed by atoms with Gasteiger partial charge in [-0.1, -0.05) is 12.1 Å². The molecule has 4 rings (SSSR count). The number of carbonyl (C=O) groups is 1. The van der Waals surface area contributed by atoms with Gasteiger partial charge in [0.1, 0.15) is 11.5 Å². The van der Waals surface area contributed by atoms with E-state index in [-0.39, 0.29) is 11.4 Å². The number of benzene rings is 2. The lowest BCUT2D eigenvalue weighted by Gasteiger charge is -2.02. The van der Waals surface area contributed by atoms with Crippen LogP contribution in [0.3, 0.4) is 0 Å². The fraction of sp³-hybridized carbons (Fsp3) is 0. The predicted molar refractivity (Wildman–Crippen MR) is 93.9 cm³/mol. The fourth-order valence-corrected chi connectivity index (χ4v) is 2.79. The summed E-state index contributed by atoms with van der Waals surface area (Å²) in [5.74, 6) is -1.24. The highest BCUT2D eigenvalue weighted by atomic mass is 19.1. The van der Waals surface area contributed by atoms with Crippen molar-refractivity contribution < 1.29 is 14.3 Å². The van der Waals surface area contributed by atoms with E-state index in [0.29, 0.717) is 0 Å². The Balaban J connectivity index is 1.77. The molecule has 2 aromatic carbocycles. The minimum absolute atomic E-state index is 0.235. The molecule has 0 spiro atoms. The van der Waals surface area contributed by atoms with Crippen LogP contribution in [0, 0.1) is 5.82 Å². The van der Waals surface area contributed by atoms with Crippen molar-refractivity contribution in [3.63, 3.8) is 0 Å². The van der Waals surface area contributed by atoms with Crippen molar-refractivity contribution in [1.29, 1.82) is 0 Å². The summed E-state index contributed by atoms with van der Waals surface area (Å²) in [5.41, 5.74) is 4.29. The lowest BCUT2D eigenvalue weighted by molar-refractivity contribution is 0.0697. The number of fused-ring (bicyclic) bond motifs is 1. The van der Waals surface area contributed by atoms with Crippen molar-refractivity contribution in [3.8, 4) is 22.4 Å². The van der Waals surface area contributed by atoms with Crippen LogP contribution >= 0.6 is 0 Å². The average Bonchev–Trinajstić information content (AvgIpc) is 3.05. The maximum Gasteiger partial charge on any atom is 0.335 e. The number of nitrogens with one attached hydrogen (secondary N) is 1. The first-order chi connectivity index (χ1) is 12.1. The van der Waals surface area contributed by atoms with E-state index in [1.165, 1.54) is 12.1 Å².